The van der Waals surface area contributed by atoms with Crippen LogP contribution in [0.3, 0.4) is 0 Å². The number of aliphatic carboxylic acids is 1. The number of carboxylic acid groups (broad SMARTS) is 1. The van der Waals surface area contributed by atoms with E-state index in [-0.39, 0.29) is 57.0 Å². The zero-order chi connectivity index (χ0) is 46.3. The number of esters is 3. The third-order valence-corrected chi connectivity index (χ3v) is 9.75. The molecule has 0 heterocycles. The molecule has 0 saturated heterocycles. The van der Waals surface area contributed by atoms with Crippen molar-refractivity contribution in [3.05, 3.63) is 35.9 Å². The van der Waals surface area contributed by atoms with E-state index in [1.54, 1.807) is 24.3 Å². The molecule has 0 fully saturated rings. The van der Waals surface area contributed by atoms with Crippen LogP contribution in [0.15, 0.2) is 30.3 Å². The molecule has 1 aromatic carbocycles. The van der Waals surface area contributed by atoms with Gasteiger partial charge in [-0.05, 0) is 101 Å². The van der Waals surface area contributed by atoms with Crippen LogP contribution < -0.4 is 27.0 Å². The Morgan fingerprint density at radius 1 is 0.597 bits per heavy atom. The van der Waals surface area contributed by atoms with Gasteiger partial charge in [-0.25, -0.2) is 9.59 Å². The molecule has 0 bridgehead atoms. The van der Waals surface area contributed by atoms with Crippen molar-refractivity contribution in [1.29, 1.82) is 0 Å². The number of hydrogen-bond donors (Lipinski definition) is 6. The summed E-state index contributed by atoms with van der Waals surface area (Å²) in [4.78, 5) is 99.4. The van der Waals surface area contributed by atoms with Crippen LogP contribution in [-0.4, -0.2) is 97.0 Å². The lowest BCUT2D eigenvalue weighted by Gasteiger charge is -2.19. The normalized spacial score (nSPS) is 13.0. The first-order valence-electron chi connectivity index (χ1n) is 22.2. The van der Waals surface area contributed by atoms with Crippen molar-refractivity contribution in [2.75, 3.05) is 26.3 Å². The fourth-order valence-corrected chi connectivity index (χ4v) is 6.33. The lowest BCUT2D eigenvalue weighted by atomic mass is 9.95. The smallest absolute Gasteiger partial charge is 0.328 e. The van der Waals surface area contributed by atoms with Crippen molar-refractivity contribution >= 4 is 47.5 Å². The molecule has 17 nitrogen and oxygen atoms in total. The molecule has 0 aliphatic heterocycles. The molecule has 4 atom stereocenters. The summed E-state index contributed by atoms with van der Waals surface area (Å²) in [6.45, 7) is 10.9. The van der Waals surface area contributed by atoms with Crippen LogP contribution in [-0.2, 0) is 59.2 Å². The Bertz CT molecular complexity index is 1520. The number of amides is 4. The average Bonchev–Trinajstić information content (AvgIpc) is 3.21. The SMILES string of the molecule is CCC(CC(C)C)C(=O)OCCCCCCOC(=O)C(CC(C)C)NC(=O)CC(=O)NCCCCC(NC(=O)CC(=O)NCCCCC(N)C(=O)O)C(=O)OCc1ccccc1. The van der Waals surface area contributed by atoms with Crippen molar-refractivity contribution < 1.29 is 57.7 Å². The van der Waals surface area contributed by atoms with E-state index >= 15 is 0 Å². The maximum atomic E-state index is 13.0. The minimum Gasteiger partial charge on any atom is -0.480 e. The van der Waals surface area contributed by atoms with E-state index in [1.807, 2.05) is 26.8 Å². The van der Waals surface area contributed by atoms with E-state index in [1.165, 1.54) is 0 Å². The average molecular weight is 876 g/mol. The minimum atomic E-state index is -1.10. The molecule has 62 heavy (non-hydrogen) atoms. The van der Waals surface area contributed by atoms with Crippen LogP contribution in [0.4, 0.5) is 0 Å². The molecule has 0 radical (unpaired) electrons. The van der Waals surface area contributed by atoms with Crippen LogP contribution in [0.1, 0.15) is 136 Å². The molecule has 350 valence electrons. The summed E-state index contributed by atoms with van der Waals surface area (Å²) in [5.74, 6) is -4.55. The highest BCUT2D eigenvalue weighted by Crippen LogP contribution is 2.17. The number of carbonyl (C=O) groups excluding carboxylic acids is 7. The van der Waals surface area contributed by atoms with Gasteiger partial charge < -0.3 is 46.3 Å². The van der Waals surface area contributed by atoms with E-state index in [0.717, 1.165) is 37.7 Å². The Morgan fingerprint density at radius 3 is 1.61 bits per heavy atom. The summed E-state index contributed by atoms with van der Waals surface area (Å²) in [7, 11) is 0. The van der Waals surface area contributed by atoms with Gasteiger partial charge in [0, 0.05) is 13.1 Å². The minimum absolute atomic E-state index is 0.0223. The Balaban J connectivity index is 2.51. The molecule has 17 heteroatoms. The van der Waals surface area contributed by atoms with E-state index in [9.17, 15) is 38.4 Å². The van der Waals surface area contributed by atoms with Gasteiger partial charge in [0.15, 0.2) is 0 Å². The van der Waals surface area contributed by atoms with Gasteiger partial charge in [0.25, 0.3) is 0 Å². The Labute approximate surface area is 367 Å². The lowest BCUT2D eigenvalue weighted by molar-refractivity contribution is -0.150. The van der Waals surface area contributed by atoms with Crippen LogP contribution in [0, 0.1) is 17.8 Å². The maximum absolute atomic E-state index is 13.0. The van der Waals surface area contributed by atoms with Gasteiger partial charge in [0.1, 0.15) is 37.6 Å². The number of ether oxygens (including phenoxy) is 3. The van der Waals surface area contributed by atoms with Crippen LogP contribution in [0.5, 0.6) is 0 Å². The number of carbonyl (C=O) groups is 8. The molecular formula is C45H73N5O12. The highest BCUT2D eigenvalue weighted by molar-refractivity contribution is 5.99. The van der Waals surface area contributed by atoms with Crippen molar-refractivity contribution in [2.45, 2.75) is 156 Å². The Morgan fingerprint density at radius 2 is 1.10 bits per heavy atom. The molecular weight excluding hydrogens is 803 g/mol. The molecule has 1 rings (SSSR count). The Hall–Kier alpha value is -5.06. The third-order valence-electron chi connectivity index (χ3n) is 9.75. The second-order valence-corrected chi connectivity index (χ2v) is 16.4. The largest absolute Gasteiger partial charge is 0.480 e. The first-order chi connectivity index (χ1) is 29.5. The molecule has 7 N–H and O–H groups in total. The topological polar surface area (TPSA) is 259 Å². The fourth-order valence-electron chi connectivity index (χ4n) is 6.33. The lowest BCUT2D eigenvalue weighted by Crippen LogP contribution is -2.44. The van der Waals surface area contributed by atoms with Gasteiger partial charge in [-0.2, -0.15) is 0 Å². The highest BCUT2D eigenvalue weighted by atomic mass is 16.5. The summed E-state index contributed by atoms with van der Waals surface area (Å²) in [6.07, 6.45) is 5.87. The van der Waals surface area contributed by atoms with Crippen molar-refractivity contribution in [2.24, 2.45) is 23.5 Å². The number of hydrogen-bond acceptors (Lipinski definition) is 12. The third kappa shape index (κ3) is 27.0. The van der Waals surface area contributed by atoms with Crippen LogP contribution in [0.25, 0.3) is 0 Å². The summed E-state index contributed by atoms with van der Waals surface area (Å²) in [5.41, 5.74) is 6.22. The zero-order valence-electron chi connectivity index (χ0n) is 37.5. The fraction of sp³-hybridized carbons (Fsp3) is 0.689. The molecule has 4 unspecified atom stereocenters. The zero-order valence-corrected chi connectivity index (χ0v) is 37.5. The number of nitrogens with two attached hydrogens (primary N) is 1. The van der Waals surface area contributed by atoms with Gasteiger partial charge in [-0.3, -0.25) is 28.8 Å². The standard InChI is InChI=1S/C45H73N5O12/c1-6-34(26-31(2)3)43(57)60-24-16-7-8-17-25-61-45(59)37(27-32(4)5)50-41(54)29-39(52)48-23-15-13-21-36(44(58)62-30-33-18-10-9-11-19-33)49-40(53)28-38(51)47-22-14-12-20-35(46)42(55)56/h9-11,18-19,31-32,34-37H,6-8,12-17,20-30,46H2,1-5H3,(H,47,51)(H,48,52)(H,49,53)(H,50,54)(H,55,56). The Kier molecular flexibility index (Phi) is 28.9. The molecule has 0 spiro atoms. The van der Waals surface area contributed by atoms with Crippen molar-refractivity contribution in [3.63, 3.8) is 0 Å². The van der Waals surface area contributed by atoms with Crippen LogP contribution >= 0.6 is 0 Å². The highest BCUT2D eigenvalue weighted by Gasteiger charge is 2.26. The number of nitrogens with one attached hydrogen (secondary N) is 4. The molecule has 4 amide bonds. The predicted molar refractivity (Wildman–Crippen MR) is 232 cm³/mol. The maximum Gasteiger partial charge on any atom is 0.328 e. The molecule has 0 saturated carbocycles. The van der Waals surface area contributed by atoms with E-state index in [2.05, 4.69) is 35.1 Å². The van der Waals surface area contributed by atoms with Crippen LogP contribution in [0.2, 0.25) is 0 Å². The number of rotatable bonds is 34. The quantitative estimate of drug-likeness (QED) is 0.0246. The summed E-state index contributed by atoms with van der Waals surface area (Å²) in [5, 5.41) is 19.3. The van der Waals surface area contributed by atoms with Gasteiger partial charge in [0.05, 0.1) is 19.1 Å². The first-order valence-corrected chi connectivity index (χ1v) is 22.2. The molecule has 1 aromatic rings. The van der Waals surface area contributed by atoms with Crippen molar-refractivity contribution in [3.8, 4) is 0 Å². The second-order valence-electron chi connectivity index (χ2n) is 16.4. The number of unbranched alkanes of at least 4 members (excludes halogenated alkanes) is 5. The van der Waals surface area contributed by atoms with Gasteiger partial charge in [-0.15, -0.1) is 0 Å². The van der Waals surface area contributed by atoms with E-state index < -0.39 is 72.5 Å². The summed E-state index contributed by atoms with van der Waals surface area (Å²) < 4.78 is 16.3. The van der Waals surface area contributed by atoms with Crippen molar-refractivity contribution in [1.82, 2.24) is 21.3 Å². The van der Waals surface area contributed by atoms with E-state index in [0.29, 0.717) is 51.0 Å². The predicted octanol–water partition coefficient (Wildman–Crippen LogP) is 4.23. The summed E-state index contributed by atoms with van der Waals surface area (Å²) >= 11 is 0. The number of carboxylic acids is 1. The van der Waals surface area contributed by atoms with E-state index in [4.69, 9.17) is 25.1 Å². The number of benzene rings is 1. The van der Waals surface area contributed by atoms with Gasteiger partial charge >= 0.3 is 23.9 Å². The van der Waals surface area contributed by atoms with Gasteiger partial charge in [-0.1, -0.05) is 65.0 Å². The molecule has 0 aliphatic rings. The second kappa shape index (κ2) is 32.6. The first kappa shape index (κ1) is 55.0. The van der Waals surface area contributed by atoms with Gasteiger partial charge in [0.2, 0.25) is 23.6 Å². The molecule has 0 aliphatic carbocycles. The monoisotopic (exact) mass is 876 g/mol. The molecule has 0 aromatic heterocycles. The summed E-state index contributed by atoms with van der Waals surface area (Å²) in [6, 6.07) is 6.01.